The van der Waals surface area contributed by atoms with Gasteiger partial charge in [0.05, 0.1) is 26.4 Å². The Balaban J connectivity index is 3.43. The van der Waals surface area contributed by atoms with E-state index in [1.54, 1.807) is 19.3 Å². The zero-order valence-corrected chi connectivity index (χ0v) is 10.9. The minimum atomic E-state index is 0.222. The fourth-order valence-electron chi connectivity index (χ4n) is 1.17. The third kappa shape index (κ3) is 9.06. The van der Waals surface area contributed by atoms with Crippen molar-refractivity contribution < 1.29 is 19.0 Å². The van der Waals surface area contributed by atoms with Gasteiger partial charge in [0.25, 0.3) is 0 Å². The molecule has 5 nitrogen and oxygen atoms in total. The van der Waals surface area contributed by atoms with Crippen molar-refractivity contribution >= 4 is 0 Å². The van der Waals surface area contributed by atoms with Crippen LogP contribution in [0, 0.1) is 0 Å². The molecule has 0 saturated heterocycles. The van der Waals surface area contributed by atoms with Crippen LogP contribution >= 0.6 is 0 Å². The highest BCUT2D eigenvalue weighted by Gasteiger charge is 2.07. The Morgan fingerprint density at radius 2 is 1.94 bits per heavy atom. The lowest BCUT2D eigenvalue weighted by Gasteiger charge is -2.19. The molecule has 0 saturated carbocycles. The van der Waals surface area contributed by atoms with Gasteiger partial charge >= 0.3 is 0 Å². The average Bonchev–Trinajstić information content (AvgIpc) is 2.32. The highest BCUT2D eigenvalue weighted by atomic mass is 16.7. The van der Waals surface area contributed by atoms with Crippen LogP contribution in [0.1, 0.15) is 19.8 Å². The van der Waals surface area contributed by atoms with Crippen LogP contribution in [0.4, 0.5) is 0 Å². The molecule has 0 N–H and O–H groups in total. The van der Waals surface area contributed by atoms with Gasteiger partial charge in [-0.15, -0.1) is 0 Å². The first-order valence-corrected chi connectivity index (χ1v) is 5.68. The van der Waals surface area contributed by atoms with Crippen LogP contribution < -0.4 is 0 Å². The van der Waals surface area contributed by atoms with Crippen LogP contribution in [0.15, 0.2) is 0 Å². The zero-order chi connectivity index (χ0) is 12.2. The first-order chi connectivity index (χ1) is 7.74. The first-order valence-electron chi connectivity index (χ1n) is 5.68. The topological polar surface area (TPSA) is 40.2 Å². The van der Waals surface area contributed by atoms with Gasteiger partial charge in [-0.05, 0) is 12.8 Å². The highest BCUT2D eigenvalue weighted by Crippen LogP contribution is 2.04. The normalized spacial score (nSPS) is 13.3. The predicted molar refractivity (Wildman–Crippen MR) is 62.1 cm³/mol. The van der Waals surface area contributed by atoms with Crippen molar-refractivity contribution in [3.05, 3.63) is 0 Å². The zero-order valence-electron chi connectivity index (χ0n) is 10.9. The minimum Gasteiger partial charge on any atom is -0.382 e. The van der Waals surface area contributed by atoms with Gasteiger partial charge in [-0.2, -0.15) is 5.06 Å². The van der Waals surface area contributed by atoms with E-state index in [0.717, 1.165) is 19.4 Å². The number of methoxy groups -OCH3 is 1. The molecule has 0 heterocycles. The van der Waals surface area contributed by atoms with Crippen LogP contribution in [0.2, 0.25) is 0 Å². The molecule has 0 aromatic heterocycles. The Labute approximate surface area is 98.6 Å². The summed E-state index contributed by atoms with van der Waals surface area (Å²) in [6.45, 7) is 4.47. The molecule has 5 heteroatoms. The van der Waals surface area contributed by atoms with Gasteiger partial charge in [0, 0.05) is 20.7 Å². The third-order valence-corrected chi connectivity index (χ3v) is 2.35. The Bertz CT molecular complexity index is 146. The number of hydroxylamine groups is 2. The van der Waals surface area contributed by atoms with E-state index in [0.29, 0.717) is 20.0 Å². The predicted octanol–water partition coefficient (Wildman–Crippen LogP) is 1.29. The highest BCUT2D eigenvalue weighted by molar-refractivity contribution is 4.55. The fraction of sp³-hybridized carbons (Fsp3) is 1.00. The van der Waals surface area contributed by atoms with Crippen molar-refractivity contribution in [2.75, 3.05) is 47.8 Å². The summed E-state index contributed by atoms with van der Waals surface area (Å²) in [6, 6.07) is 0. The lowest BCUT2D eigenvalue weighted by Crippen LogP contribution is -2.24. The fourth-order valence-corrected chi connectivity index (χ4v) is 1.17. The molecule has 0 aromatic rings. The van der Waals surface area contributed by atoms with Gasteiger partial charge < -0.3 is 19.0 Å². The van der Waals surface area contributed by atoms with Gasteiger partial charge in [0.15, 0.2) is 0 Å². The molecule has 0 amide bonds. The summed E-state index contributed by atoms with van der Waals surface area (Å²) in [5.74, 6) is 0. The molecule has 0 aliphatic heterocycles. The number of hydrogen-bond acceptors (Lipinski definition) is 5. The second kappa shape index (κ2) is 11.3. The first kappa shape index (κ1) is 15.8. The summed E-state index contributed by atoms with van der Waals surface area (Å²) in [5.41, 5.74) is 0. The Hall–Kier alpha value is -0.200. The molecule has 0 rings (SSSR count). The minimum absolute atomic E-state index is 0.222. The second-order valence-electron chi connectivity index (χ2n) is 3.54. The Morgan fingerprint density at radius 1 is 1.19 bits per heavy atom. The molecule has 0 spiro atoms. The van der Waals surface area contributed by atoms with Crippen molar-refractivity contribution in [1.29, 1.82) is 0 Å². The third-order valence-electron chi connectivity index (χ3n) is 2.35. The average molecular weight is 235 g/mol. The number of nitrogens with zero attached hydrogens (tertiary/aromatic N) is 1. The van der Waals surface area contributed by atoms with E-state index in [1.165, 1.54) is 0 Å². The molecule has 16 heavy (non-hydrogen) atoms. The molecule has 0 fully saturated rings. The summed E-state index contributed by atoms with van der Waals surface area (Å²) >= 11 is 0. The number of hydrogen-bond donors (Lipinski definition) is 0. The molecule has 0 bridgehead atoms. The maximum atomic E-state index is 5.57. The summed E-state index contributed by atoms with van der Waals surface area (Å²) in [6.07, 6.45) is 2.14. The summed E-state index contributed by atoms with van der Waals surface area (Å²) in [4.78, 5) is 5.03. The van der Waals surface area contributed by atoms with Crippen molar-refractivity contribution in [2.24, 2.45) is 0 Å². The van der Waals surface area contributed by atoms with Crippen LogP contribution in [-0.4, -0.2) is 59.0 Å². The van der Waals surface area contributed by atoms with Crippen molar-refractivity contribution in [3.8, 4) is 0 Å². The maximum absolute atomic E-state index is 5.57. The quantitative estimate of drug-likeness (QED) is 0.306. The van der Waals surface area contributed by atoms with Crippen LogP contribution in [0.25, 0.3) is 0 Å². The molecule has 1 unspecified atom stereocenters. The second-order valence-corrected chi connectivity index (χ2v) is 3.54. The summed E-state index contributed by atoms with van der Waals surface area (Å²) in [7, 11) is 5.22. The Kier molecular flexibility index (Phi) is 11.1. The van der Waals surface area contributed by atoms with Gasteiger partial charge in [-0.25, -0.2) is 0 Å². The van der Waals surface area contributed by atoms with E-state index < -0.39 is 0 Å². The van der Waals surface area contributed by atoms with E-state index in [-0.39, 0.29) is 6.10 Å². The maximum Gasteiger partial charge on any atom is 0.147 e. The molecule has 0 radical (unpaired) electrons. The molecular formula is C11H25NO4. The molecular weight excluding hydrogens is 210 g/mol. The van der Waals surface area contributed by atoms with E-state index in [1.807, 2.05) is 7.05 Å². The molecule has 98 valence electrons. The van der Waals surface area contributed by atoms with Gasteiger partial charge in [0.1, 0.15) is 6.79 Å². The molecule has 1 atom stereocenters. The monoisotopic (exact) mass is 235 g/mol. The van der Waals surface area contributed by atoms with Crippen molar-refractivity contribution in [1.82, 2.24) is 5.06 Å². The number of rotatable bonds is 11. The largest absolute Gasteiger partial charge is 0.382 e. The lowest BCUT2D eigenvalue weighted by molar-refractivity contribution is -0.131. The summed E-state index contributed by atoms with van der Waals surface area (Å²) < 4.78 is 15.7. The standard InChI is InChI=1S/C11H25NO4/c1-5-11(6-7-12(2)14-4)16-10-15-9-8-13-3/h11H,5-10H2,1-4H3. The molecule has 0 aliphatic rings. The molecule has 0 aliphatic carbocycles. The van der Waals surface area contributed by atoms with Crippen molar-refractivity contribution in [2.45, 2.75) is 25.9 Å². The van der Waals surface area contributed by atoms with Gasteiger partial charge in [0.2, 0.25) is 0 Å². The Morgan fingerprint density at radius 3 is 2.50 bits per heavy atom. The lowest BCUT2D eigenvalue weighted by atomic mass is 10.2. The van der Waals surface area contributed by atoms with Crippen LogP contribution in [0.3, 0.4) is 0 Å². The summed E-state index contributed by atoms with van der Waals surface area (Å²) in [5, 5.41) is 1.79. The van der Waals surface area contributed by atoms with E-state index in [9.17, 15) is 0 Å². The SMILES string of the molecule is CCC(CCN(C)OC)OCOCCOC. The van der Waals surface area contributed by atoms with Crippen LogP contribution in [-0.2, 0) is 19.0 Å². The van der Waals surface area contributed by atoms with Gasteiger partial charge in [-0.3, -0.25) is 0 Å². The van der Waals surface area contributed by atoms with Crippen molar-refractivity contribution in [3.63, 3.8) is 0 Å². The van der Waals surface area contributed by atoms with E-state index in [2.05, 4.69) is 6.92 Å². The van der Waals surface area contributed by atoms with E-state index >= 15 is 0 Å². The van der Waals surface area contributed by atoms with Gasteiger partial charge in [-0.1, -0.05) is 6.92 Å². The van der Waals surface area contributed by atoms with E-state index in [4.69, 9.17) is 19.0 Å². The van der Waals surface area contributed by atoms with Crippen LogP contribution in [0.5, 0.6) is 0 Å². The molecule has 0 aromatic carbocycles. The number of ether oxygens (including phenoxy) is 3. The smallest absolute Gasteiger partial charge is 0.147 e.